The third-order valence-corrected chi connectivity index (χ3v) is 3.43. The molecule has 0 radical (unpaired) electrons. The van der Waals surface area contributed by atoms with Gasteiger partial charge in [-0.1, -0.05) is 0 Å². The molecule has 2 heterocycles. The van der Waals surface area contributed by atoms with Crippen molar-refractivity contribution in [2.45, 2.75) is 45.8 Å². The van der Waals surface area contributed by atoms with Gasteiger partial charge < -0.3 is 9.73 Å². The Labute approximate surface area is 107 Å². The Bertz CT molecular complexity index is 537. The number of hydrogen-bond acceptors (Lipinski definition) is 3. The Morgan fingerprint density at radius 2 is 2.28 bits per heavy atom. The minimum absolute atomic E-state index is 0.697. The van der Waals surface area contributed by atoms with Crippen LogP contribution >= 0.6 is 0 Å². The van der Waals surface area contributed by atoms with Crippen molar-refractivity contribution in [3.8, 4) is 11.1 Å². The molecule has 1 fully saturated rings. The van der Waals surface area contributed by atoms with Crippen LogP contribution in [0.25, 0.3) is 11.1 Å². The quantitative estimate of drug-likeness (QED) is 0.880. The molecule has 0 bridgehead atoms. The van der Waals surface area contributed by atoms with E-state index in [9.17, 15) is 0 Å². The van der Waals surface area contributed by atoms with Crippen molar-refractivity contribution in [1.82, 2.24) is 15.1 Å². The molecule has 0 unspecified atom stereocenters. The molecule has 2 aromatic heterocycles. The molecule has 2 aromatic rings. The van der Waals surface area contributed by atoms with E-state index in [0.29, 0.717) is 6.04 Å². The van der Waals surface area contributed by atoms with E-state index in [-0.39, 0.29) is 0 Å². The third-order valence-electron chi connectivity index (χ3n) is 3.43. The minimum atomic E-state index is 0.697. The lowest BCUT2D eigenvalue weighted by Gasteiger charge is -2.02. The summed E-state index contributed by atoms with van der Waals surface area (Å²) in [6, 6.07) is 2.73. The van der Waals surface area contributed by atoms with Crippen molar-refractivity contribution in [3.63, 3.8) is 0 Å². The molecule has 0 saturated heterocycles. The van der Waals surface area contributed by atoms with E-state index in [1.807, 2.05) is 17.7 Å². The van der Waals surface area contributed by atoms with Crippen molar-refractivity contribution >= 4 is 0 Å². The molecule has 0 atom stereocenters. The molecule has 0 amide bonds. The van der Waals surface area contributed by atoms with Gasteiger partial charge in [0.25, 0.3) is 0 Å². The van der Waals surface area contributed by atoms with Gasteiger partial charge >= 0.3 is 0 Å². The topological polar surface area (TPSA) is 43.0 Å². The fourth-order valence-electron chi connectivity index (χ4n) is 2.19. The SMILES string of the molecule is CCn1cc(-c2ccoc2CNC2CC2)c(C)n1. The molecule has 96 valence electrons. The Kier molecular flexibility index (Phi) is 2.96. The van der Waals surface area contributed by atoms with E-state index in [2.05, 4.69) is 23.5 Å². The van der Waals surface area contributed by atoms with E-state index in [4.69, 9.17) is 4.42 Å². The maximum Gasteiger partial charge on any atom is 0.125 e. The summed E-state index contributed by atoms with van der Waals surface area (Å²) < 4.78 is 7.56. The Morgan fingerprint density at radius 3 is 2.94 bits per heavy atom. The normalized spacial score (nSPS) is 15.2. The fourth-order valence-corrected chi connectivity index (χ4v) is 2.19. The van der Waals surface area contributed by atoms with Gasteiger partial charge in [-0.3, -0.25) is 4.68 Å². The Balaban J connectivity index is 1.85. The molecule has 1 aliphatic rings. The van der Waals surface area contributed by atoms with Crippen molar-refractivity contribution in [3.05, 3.63) is 30.0 Å². The highest BCUT2D eigenvalue weighted by atomic mass is 16.3. The molecular weight excluding hydrogens is 226 g/mol. The van der Waals surface area contributed by atoms with Gasteiger partial charge in [0.2, 0.25) is 0 Å². The van der Waals surface area contributed by atoms with E-state index >= 15 is 0 Å². The van der Waals surface area contributed by atoms with Crippen LogP contribution in [0.15, 0.2) is 22.9 Å². The number of rotatable bonds is 5. The summed E-state index contributed by atoms with van der Waals surface area (Å²) >= 11 is 0. The lowest BCUT2D eigenvalue weighted by atomic mass is 10.1. The summed E-state index contributed by atoms with van der Waals surface area (Å²) in [5, 5.41) is 7.98. The third kappa shape index (κ3) is 2.20. The van der Waals surface area contributed by atoms with Gasteiger partial charge in [0, 0.05) is 29.9 Å². The second-order valence-corrected chi connectivity index (χ2v) is 4.90. The van der Waals surface area contributed by atoms with Gasteiger partial charge in [-0.15, -0.1) is 0 Å². The summed E-state index contributed by atoms with van der Waals surface area (Å²) in [5.41, 5.74) is 3.41. The van der Waals surface area contributed by atoms with E-state index in [0.717, 1.165) is 24.5 Å². The van der Waals surface area contributed by atoms with Crippen LogP contribution in [0.5, 0.6) is 0 Å². The molecule has 0 aliphatic heterocycles. The smallest absolute Gasteiger partial charge is 0.125 e. The molecular formula is C14H19N3O. The largest absolute Gasteiger partial charge is 0.467 e. The average molecular weight is 245 g/mol. The Hall–Kier alpha value is -1.55. The average Bonchev–Trinajstić information content (AvgIpc) is 2.96. The number of nitrogens with zero attached hydrogens (tertiary/aromatic N) is 2. The molecule has 4 heteroatoms. The molecule has 1 saturated carbocycles. The first-order chi connectivity index (χ1) is 8.78. The molecule has 1 N–H and O–H groups in total. The fraction of sp³-hybridized carbons (Fsp3) is 0.500. The van der Waals surface area contributed by atoms with Crippen molar-refractivity contribution in [2.75, 3.05) is 0 Å². The zero-order valence-electron chi connectivity index (χ0n) is 10.9. The minimum Gasteiger partial charge on any atom is -0.467 e. The Morgan fingerprint density at radius 1 is 1.44 bits per heavy atom. The second kappa shape index (κ2) is 4.61. The van der Waals surface area contributed by atoms with Crippen LogP contribution in [-0.4, -0.2) is 15.8 Å². The summed E-state index contributed by atoms with van der Waals surface area (Å²) in [4.78, 5) is 0. The molecule has 1 aliphatic carbocycles. The number of hydrogen-bond donors (Lipinski definition) is 1. The van der Waals surface area contributed by atoms with E-state index in [1.165, 1.54) is 24.0 Å². The summed E-state index contributed by atoms with van der Waals surface area (Å²) in [5.74, 6) is 1.01. The molecule has 3 rings (SSSR count). The monoisotopic (exact) mass is 245 g/mol. The number of aromatic nitrogens is 2. The van der Waals surface area contributed by atoms with Gasteiger partial charge in [-0.25, -0.2) is 0 Å². The van der Waals surface area contributed by atoms with Gasteiger partial charge in [0.1, 0.15) is 5.76 Å². The van der Waals surface area contributed by atoms with Crippen LogP contribution in [0.3, 0.4) is 0 Å². The maximum atomic E-state index is 5.60. The van der Waals surface area contributed by atoms with Gasteiger partial charge in [0.05, 0.1) is 18.5 Å². The standard InChI is InChI=1S/C14H19N3O/c1-3-17-9-13(10(2)16-17)12-6-7-18-14(12)8-15-11-4-5-11/h6-7,9,11,15H,3-5,8H2,1-2H3. The molecule has 4 nitrogen and oxygen atoms in total. The lowest BCUT2D eigenvalue weighted by molar-refractivity contribution is 0.483. The predicted octanol–water partition coefficient (Wildman–Crippen LogP) is 2.72. The second-order valence-electron chi connectivity index (χ2n) is 4.90. The first kappa shape index (κ1) is 11.5. The summed E-state index contributed by atoms with van der Waals surface area (Å²) in [6.45, 7) is 5.85. The van der Waals surface area contributed by atoms with Crippen LogP contribution < -0.4 is 5.32 Å². The predicted molar refractivity (Wildman–Crippen MR) is 70.2 cm³/mol. The van der Waals surface area contributed by atoms with Gasteiger partial charge in [0.15, 0.2) is 0 Å². The summed E-state index contributed by atoms with van der Waals surface area (Å²) in [6.07, 6.45) is 6.45. The van der Waals surface area contributed by atoms with Crippen LogP contribution in [0.2, 0.25) is 0 Å². The van der Waals surface area contributed by atoms with E-state index < -0.39 is 0 Å². The first-order valence-corrected chi connectivity index (χ1v) is 6.62. The van der Waals surface area contributed by atoms with Gasteiger partial charge in [-0.05, 0) is 32.8 Å². The van der Waals surface area contributed by atoms with Crippen LogP contribution in [-0.2, 0) is 13.1 Å². The number of nitrogens with one attached hydrogen (secondary N) is 1. The highest BCUT2D eigenvalue weighted by molar-refractivity contribution is 5.67. The summed E-state index contributed by atoms with van der Waals surface area (Å²) in [7, 11) is 0. The van der Waals surface area contributed by atoms with Crippen LogP contribution in [0.4, 0.5) is 0 Å². The zero-order valence-corrected chi connectivity index (χ0v) is 10.9. The highest BCUT2D eigenvalue weighted by Crippen LogP contribution is 2.28. The van der Waals surface area contributed by atoms with Gasteiger partial charge in [-0.2, -0.15) is 5.10 Å². The van der Waals surface area contributed by atoms with Crippen molar-refractivity contribution in [1.29, 1.82) is 0 Å². The first-order valence-electron chi connectivity index (χ1n) is 6.62. The number of furan rings is 1. The molecule has 0 spiro atoms. The van der Waals surface area contributed by atoms with Crippen molar-refractivity contribution < 1.29 is 4.42 Å². The van der Waals surface area contributed by atoms with Crippen LogP contribution in [0.1, 0.15) is 31.2 Å². The van der Waals surface area contributed by atoms with Crippen molar-refractivity contribution in [2.24, 2.45) is 0 Å². The number of aryl methyl sites for hydroxylation is 2. The molecule has 18 heavy (non-hydrogen) atoms. The molecule has 0 aromatic carbocycles. The maximum absolute atomic E-state index is 5.60. The zero-order chi connectivity index (χ0) is 12.5. The highest BCUT2D eigenvalue weighted by Gasteiger charge is 2.22. The van der Waals surface area contributed by atoms with E-state index in [1.54, 1.807) is 6.26 Å². The lowest BCUT2D eigenvalue weighted by Crippen LogP contribution is -2.15. The van der Waals surface area contributed by atoms with Crippen LogP contribution in [0, 0.1) is 6.92 Å².